The first-order chi connectivity index (χ1) is 9.27. The summed E-state index contributed by atoms with van der Waals surface area (Å²) in [5.74, 6) is 1.38. The Balaban J connectivity index is 2.29. The van der Waals surface area contributed by atoms with E-state index in [4.69, 9.17) is 0 Å². The highest BCUT2D eigenvalue weighted by Gasteiger charge is 2.05. The lowest BCUT2D eigenvalue weighted by molar-refractivity contribution is 0.665. The Labute approximate surface area is 117 Å². The van der Waals surface area contributed by atoms with Gasteiger partial charge in [0.2, 0.25) is 0 Å². The maximum absolute atomic E-state index is 4.25. The summed E-state index contributed by atoms with van der Waals surface area (Å²) in [5.41, 5.74) is 1.36. The number of hydrogen-bond donors (Lipinski definition) is 2. The van der Waals surface area contributed by atoms with Gasteiger partial charge in [-0.2, -0.15) is 0 Å². The molecule has 1 rings (SSSR count). The monoisotopic (exact) mass is 261 g/mol. The summed E-state index contributed by atoms with van der Waals surface area (Å²) >= 11 is 0. The number of nitrogens with one attached hydrogen (secondary N) is 2. The van der Waals surface area contributed by atoms with E-state index in [0.717, 1.165) is 19.0 Å². The molecular formula is C16H27N3. The quantitative estimate of drug-likeness (QED) is 0.449. The van der Waals surface area contributed by atoms with Gasteiger partial charge in [0, 0.05) is 20.1 Å². The highest BCUT2D eigenvalue weighted by molar-refractivity contribution is 5.79. The zero-order chi connectivity index (χ0) is 13.9. The van der Waals surface area contributed by atoms with E-state index in [1.54, 1.807) is 0 Å². The Hall–Kier alpha value is -1.51. The number of nitrogens with zero attached hydrogens (tertiary/aromatic N) is 1. The van der Waals surface area contributed by atoms with Crippen molar-refractivity contribution in [2.45, 2.75) is 39.0 Å². The molecule has 0 aliphatic rings. The highest BCUT2D eigenvalue weighted by atomic mass is 15.2. The van der Waals surface area contributed by atoms with Crippen molar-refractivity contribution >= 4 is 5.96 Å². The van der Waals surface area contributed by atoms with Crippen molar-refractivity contribution in [3.63, 3.8) is 0 Å². The van der Waals surface area contributed by atoms with Crippen molar-refractivity contribution in [2.75, 3.05) is 20.1 Å². The van der Waals surface area contributed by atoms with Crippen molar-refractivity contribution in [1.29, 1.82) is 0 Å². The van der Waals surface area contributed by atoms with Crippen molar-refractivity contribution in [2.24, 2.45) is 4.99 Å². The van der Waals surface area contributed by atoms with Crippen LogP contribution >= 0.6 is 0 Å². The van der Waals surface area contributed by atoms with Crippen LogP contribution in [0.2, 0.25) is 0 Å². The van der Waals surface area contributed by atoms with Crippen LogP contribution in [0.5, 0.6) is 0 Å². The second-order valence-corrected chi connectivity index (χ2v) is 4.90. The first kappa shape index (κ1) is 15.5. The van der Waals surface area contributed by atoms with Gasteiger partial charge in [-0.3, -0.25) is 4.99 Å². The summed E-state index contributed by atoms with van der Waals surface area (Å²) in [6.07, 6.45) is 3.72. The molecule has 1 atom stereocenters. The molecule has 0 aliphatic heterocycles. The van der Waals surface area contributed by atoms with Gasteiger partial charge in [-0.1, -0.05) is 57.0 Å². The molecule has 0 saturated heterocycles. The first-order valence-electron chi connectivity index (χ1n) is 7.27. The molecule has 0 fully saturated rings. The van der Waals surface area contributed by atoms with Crippen LogP contribution in [-0.4, -0.2) is 26.1 Å². The number of guanidine groups is 1. The van der Waals surface area contributed by atoms with Crippen molar-refractivity contribution in [1.82, 2.24) is 10.6 Å². The van der Waals surface area contributed by atoms with Gasteiger partial charge >= 0.3 is 0 Å². The molecule has 1 aromatic carbocycles. The normalized spacial score (nSPS) is 13.1. The van der Waals surface area contributed by atoms with Gasteiger partial charge in [0.25, 0.3) is 0 Å². The van der Waals surface area contributed by atoms with Gasteiger partial charge in [0.15, 0.2) is 5.96 Å². The third-order valence-corrected chi connectivity index (χ3v) is 3.24. The summed E-state index contributed by atoms with van der Waals surface area (Å²) in [5, 5.41) is 6.73. The van der Waals surface area contributed by atoms with Crippen LogP contribution in [0.1, 0.15) is 44.6 Å². The zero-order valence-electron chi connectivity index (χ0n) is 12.4. The minimum atomic E-state index is 0.482. The molecule has 2 N–H and O–H groups in total. The molecule has 1 unspecified atom stereocenters. The summed E-state index contributed by atoms with van der Waals surface area (Å²) in [4.78, 5) is 4.25. The summed E-state index contributed by atoms with van der Waals surface area (Å²) < 4.78 is 0. The lowest BCUT2D eigenvalue weighted by atomic mass is 10.0. The van der Waals surface area contributed by atoms with E-state index in [1.807, 2.05) is 7.05 Å². The van der Waals surface area contributed by atoms with Crippen LogP contribution in [0.25, 0.3) is 0 Å². The average Bonchev–Trinajstić information content (AvgIpc) is 2.47. The Bertz CT molecular complexity index is 360. The summed E-state index contributed by atoms with van der Waals surface area (Å²) in [6, 6.07) is 10.6. The highest BCUT2D eigenvalue weighted by Crippen LogP contribution is 2.12. The molecule has 3 heteroatoms. The molecule has 0 radical (unpaired) electrons. The van der Waals surface area contributed by atoms with E-state index in [2.05, 4.69) is 59.8 Å². The Morgan fingerprint density at radius 3 is 2.53 bits per heavy atom. The van der Waals surface area contributed by atoms with Gasteiger partial charge < -0.3 is 10.6 Å². The van der Waals surface area contributed by atoms with Crippen LogP contribution in [0.15, 0.2) is 35.3 Å². The number of unbranched alkanes of at least 4 members (excludes halogenated alkanes) is 2. The summed E-state index contributed by atoms with van der Waals surface area (Å²) in [6.45, 7) is 6.34. The number of rotatable bonds is 7. The second-order valence-electron chi connectivity index (χ2n) is 4.90. The van der Waals surface area contributed by atoms with Gasteiger partial charge in [-0.25, -0.2) is 0 Å². The number of aliphatic imine (C=N–C) groups is 1. The SMILES string of the molecule is CCCCCNC(=NC)NCC(C)c1ccccc1. The van der Waals surface area contributed by atoms with Gasteiger partial charge in [-0.05, 0) is 17.9 Å². The standard InChI is InChI=1S/C16H27N3/c1-4-5-9-12-18-16(17-3)19-13-14(2)15-10-7-6-8-11-15/h6-8,10-11,14H,4-5,9,12-13H2,1-3H3,(H2,17,18,19). The molecule has 3 nitrogen and oxygen atoms in total. The lowest BCUT2D eigenvalue weighted by Crippen LogP contribution is -2.39. The smallest absolute Gasteiger partial charge is 0.190 e. The molecule has 0 aliphatic carbocycles. The minimum absolute atomic E-state index is 0.482. The third-order valence-electron chi connectivity index (χ3n) is 3.24. The van der Waals surface area contributed by atoms with Crippen LogP contribution in [-0.2, 0) is 0 Å². The van der Waals surface area contributed by atoms with Crippen LogP contribution < -0.4 is 10.6 Å². The van der Waals surface area contributed by atoms with Gasteiger partial charge in [-0.15, -0.1) is 0 Å². The lowest BCUT2D eigenvalue weighted by Gasteiger charge is -2.16. The maximum Gasteiger partial charge on any atom is 0.190 e. The predicted molar refractivity (Wildman–Crippen MR) is 83.7 cm³/mol. The Morgan fingerprint density at radius 2 is 1.89 bits per heavy atom. The molecule has 1 aromatic rings. The second kappa shape index (κ2) is 9.42. The van der Waals surface area contributed by atoms with E-state index < -0.39 is 0 Å². The molecule has 0 bridgehead atoms. The third kappa shape index (κ3) is 6.27. The fourth-order valence-electron chi connectivity index (χ4n) is 1.95. The molecule has 106 valence electrons. The molecule has 19 heavy (non-hydrogen) atoms. The largest absolute Gasteiger partial charge is 0.356 e. The topological polar surface area (TPSA) is 36.4 Å². The van der Waals surface area contributed by atoms with Crippen LogP contribution in [0, 0.1) is 0 Å². The Kier molecular flexibility index (Phi) is 7.71. The van der Waals surface area contributed by atoms with Crippen molar-refractivity contribution in [3.05, 3.63) is 35.9 Å². The van der Waals surface area contributed by atoms with E-state index >= 15 is 0 Å². The van der Waals surface area contributed by atoms with E-state index in [1.165, 1.54) is 24.8 Å². The molecule has 0 aromatic heterocycles. The molecule has 0 spiro atoms. The van der Waals surface area contributed by atoms with Gasteiger partial charge in [0.1, 0.15) is 0 Å². The van der Waals surface area contributed by atoms with Gasteiger partial charge in [0.05, 0.1) is 0 Å². The van der Waals surface area contributed by atoms with Crippen LogP contribution in [0.4, 0.5) is 0 Å². The molecule has 0 saturated carbocycles. The Morgan fingerprint density at radius 1 is 1.16 bits per heavy atom. The zero-order valence-corrected chi connectivity index (χ0v) is 12.4. The maximum atomic E-state index is 4.25. The molecular weight excluding hydrogens is 234 g/mol. The minimum Gasteiger partial charge on any atom is -0.356 e. The fourth-order valence-corrected chi connectivity index (χ4v) is 1.95. The van der Waals surface area contributed by atoms with E-state index in [-0.39, 0.29) is 0 Å². The molecule has 0 amide bonds. The summed E-state index contributed by atoms with van der Waals surface area (Å²) in [7, 11) is 1.82. The van der Waals surface area contributed by atoms with Crippen molar-refractivity contribution in [3.8, 4) is 0 Å². The fraction of sp³-hybridized carbons (Fsp3) is 0.562. The predicted octanol–water partition coefficient (Wildman–Crippen LogP) is 3.15. The number of benzene rings is 1. The van der Waals surface area contributed by atoms with E-state index in [9.17, 15) is 0 Å². The van der Waals surface area contributed by atoms with E-state index in [0.29, 0.717) is 5.92 Å². The van der Waals surface area contributed by atoms with Crippen LogP contribution in [0.3, 0.4) is 0 Å². The number of hydrogen-bond acceptors (Lipinski definition) is 1. The molecule has 0 heterocycles. The average molecular weight is 261 g/mol. The first-order valence-corrected chi connectivity index (χ1v) is 7.27. The van der Waals surface area contributed by atoms with Crippen molar-refractivity contribution < 1.29 is 0 Å².